The first kappa shape index (κ1) is 8.00. The Kier molecular flexibility index (Phi) is 5.14. The Morgan fingerprint density at radius 2 is 2.00 bits per heavy atom. The molecule has 0 N–H and O–H groups in total. The first-order chi connectivity index (χ1) is 3.81. The highest BCUT2D eigenvalue weighted by molar-refractivity contribution is 4.60. The van der Waals surface area contributed by atoms with Crippen molar-refractivity contribution in [1.29, 1.82) is 0 Å². The molecule has 0 spiro atoms. The molecule has 0 bridgehead atoms. The topological polar surface area (TPSA) is 0 Å². The first-order valence-electron chi connectivity index (χ1n) is 3.43. The summed E-state index contributed by atoms with van der Waals surface area (Å²) in [6.45, 7) is 9.94. The summed E-state index contributed by atoms with van der Waals surface area (Å²) in [5.74, 6) is 0.650. The molecule has 0 saturated carbocycles. The highest BCUT2D eigenvalue weighted by atomic mass is 14.0. The predicted molar refractivity (Wildman–Crippen MR) is 38.3 cm³/mol. The van der Waals surface area contributed by atoms with Gasteiger partial charge < -0.3 is 0 Å². The molecule has 48 valence electrons. The summed E-state index contributed by atoms with van der Waals surface area (Å²) in [4.78, 5) is 0. The molecule has 0 saturated heterocycles. The van der Waals surface area contributed by atoms with Gasteiger partial charge in [-0.2, -0.15) is 0 Å². The van der Waals surface area contributed by atoms with Crippen LogP contribution in [0, 0.1) is 19.8 Å². The van der Waals surface area contributed by atoms with E-state index in [0.717, 1.165) is 6.42 Å². The van der Waals surface area contributed by atoms with Gasteiger partial charge in [0.25, 0.3) is 0 Å². The van der Waals surface area contributed by atoms with Crippen LogP contribution in [-0.4, -0.2) is 0 Å². The number of hydrogen-bond donors (Lipinski definition) is 0. The van der Waals surface area contributed by atoms with E-state index in [0.29, 0.717) is 5.92 Å². The molecule has 0 rings (SSSR count). The lowest BCUT2D eigenvalue weighted by atomic mass is 10.0. The lowest BCUT2D eigenvalue weighted by Crippen LogP contribution is -1.91. The van der Waals surface area contributed by atoms with E-state index in [4.69, 9.17) is 0 Å². The molecule has 0 aromatic heterocycles. The van der Waals surface area contributed by atoms with Crippen molar-refractivity contribution in [2.75, 3.05) is 0 Å². The van der Waals surface area contributed by atoms with E-state index in [9.17, 15) is 0 Å². The maximum atomic E-state index is 3.98. The van der Waals surface area contributed by atoms with Gasteiger partial charge in [0.2, 0.25) is 0 Å². The van der Waals surface area contributed by atoms with Crippen molar-refractivity contribution >= 4 is 0 Å². The monoisotopic (exact) mass is 112 g/mol. The van der Waals surface area contributed by atoms with E-state index in [2.05, 4.69) is 20.8 Å². The van der Waals surface area contributed by atoms with Crippen LogP contribution in [0.2, 0.25) is 0 Å². The maximum absolute atomic E-state index is 3.98. The zero-order chi connectivity index (χ0) is 6.41. The normalized spacial score (nSPS) is 10.5. The van der Waals surface area contributed by atoms with Gasteiger partial charge in [-0.1, -0.05) is 46.5 Å². The summed E-state index contributed by atoms with van der Waals surface area (Å²) in [7, 11) is 0. The Balaban J connectivity index is 2.92. The van der Waals surface area contributed by atoms with Gasteiger partial charge in [0.05, 0.1) is 0 Å². The second-order valence-electron chi connectivity index (χ2n) is 2.30. The molecule has 0 aliphatic carbocycles. The zero-order valence-corrected chi connectivity index (χ0v) is 5.82. The third-order valence-corrected chi connectivity index (χ3v) is 1.31. The largest absolute Gasteiger partial charge is 0.0654 e. The smallest absolute Gasteiger partial charge is 0.0414 e. The highest BCUT2D eigenvalue weighted by Crippen LogP contribution is 2.10. The fourth-order valence-electron chi connectivity index (χ4n) is 0.841. The predicted octanol–water partition coefficient (Wildman–Crippen LogP) is 2.85. The van der Waals surface area contributed by atoms with Crippen LogP contribution in [0.1, 0.15) is 32.6 Å². The molecule has 0 heterocycles. The van der Waals surface area contributed by atoms with Gasteiger partial charge in [0, 0.05) is 0 Å². The molecule has 0 aliphatic heterocycles. The van der Waals surface area contributed by atoms with Crippen molar-refractivity contribution in [2.24, 2.45) is 5.92 Å². The van der Waals surface area contributed by atoms with E-state index in [1.165, 1.54) is 19.3 Å². The Bertz CT molecular complexity index is 33.3. The zero-order valence-electron chi connectivity index (χ0n) is 5.82. The second-order valence-corrected chi connectivity index (χ2v) is 2.30. The quantitative estimate of drug-likeness (QED) is 0.524. The summed E-state index contributed by atoms with van der Waals surface area (Å²) < 4.78 is 0. The third kappa shape index (κ3) is 4.17. The maximum Gasteiger partial charge on any atom is -0.0414 e. The lowest BCUT2D eigenvalue weighted by molar-refractivity contribution is 0.538. The van der Waals surface area contributed by atoms with Crippen molar-refractivity contribution in [2.45, 2.75) is 32.6 Å². The summed E-state index contributed by atoms with van der Waals surface area (Å²) in [6.07, 6.45) is 4.74. The van der Waals surface area contributed by atoms with Crippen LogP contribution in [0.3, 0.4) is 0 Å². The van der Waals surface area contributed by atoms with Crippen LogP contribution in [0.4, 0.5) is 0 Å². The Labute approximate surface area is 53.3 Å². The standard InChI is InChI=1S/C8H16/c1-4-6-8(3)7-5-2/h8H,1,3-7H2,2H3. The van der Waals surface area contributed by atoms with Gasteiger partial charge in [0.1, 0.15) is 0 Å². The fourth-order valence-corrected chi connectivity index (χ4v) is 0.841. The van der Waals surface area contributed by atoms with Crippen LogP contribution >= 0.6 is 0 Å². The summed E-state index contributed by atoms with van der Waals surface area (Å²) >= 11 is 0. The minimum absolute atomic E-state index is 0.650. The van der Waals surface area contributed by atoms with E-state index in [1.54, 1.807) is 0 Å². The van der Waals surface area contributed by atoms with Crippen molar-refractivity contribution in [3.63, 3.8) is 0 Å². The average molecular weight is 112 g/mol. The van der Waals surface area contributed by atoms with Gasteiger partial charge in [-0.25, -0.2) is 0 Å². The summed E-state index contributed by atoms with van der Waals surface area (Å²) in [6, 6.07) is 0. The number of rotatable bonds is 4. The Morgan fingerprint density at radius 1 is 1.38 bits per heavy atom. The van der Waals surface area contributed by atoms with Gasteiger partial charge in [-0.05, 0) is 5.92 Å². The first-order valence-corrected chi connectivity index (χ1v) is 3.43. The average Bonchev–Trinajstić information content (AvgIpc) is 1.68. The third-order valence-electron chi connectivity index (χ3n) is 1.31. The van der Waals surface area contributed by atoms with Crippen molar-refractivity contribution in [3.05, 3.63) is 13.8 Å². The highest BCUT2D eigenvalue weighted by Gasteiger charge is 1.96. The van der Waals surface area contributed by atoms with Crippen molar-refractivity contribution in [1.82, 2.24) is 0 Å². The molecule has 2 radical (unpaired) electrons. The molecule has 8 heavy (non-hydrogen) atoms. The van der Waals surface area contributed by atoms with Crippen LogP contribution in [-0.2, 0) is 0 Å². The van der Waals surface area contributed by atoms with Gasteiger partial charge >= 0.3 is 0 Å². The summed E-state index contributed by atoms with van der Waals surface area (Å²) in [5, 5.41) is 0. The molecule has 0 nitrogen and oxygen atoms in total. The SMILES string of the molecule is [CH2]CCC([CH2])CCC. The van der Waals surface area contributed by atoms with Crippen molar-refractivity contribution < 1.29 is 0 Å². The molecule has 1 unspecified atom stereocenters. The van der Waals surface area contributed by atoms with Crippen LogP contribution in [0.15, 0.2) is 0 Å². The molecule has 1 atom stereocenters. The molecular weight excluding hydrogens is 96.1 g/mol. The Hall–Kier alpha value is 0. The van der Waals surface area contributed by atoms with Crippen LogP contribution < -0.4 is 0 Å². The van der Waals surface area contributed by atoms with Crippen LogP contribution in [0.5, 0.6) is 0 Å². The molecule has 0 aromatic rings. The van der Waals surface area contributed by atoms with Gasteiger partial charge in [0.15, 0.2) is 0 Å². The van der Waals surface area contributed by atoms with Crippen LogP contribution in [0.25, 0.3) is 0 Å². The molecule has 0 fully saturated rings. The Morgan fingerprint density at radius 3 is 2.38 bits per heavy atom. The molecule has 0 aromatic carbocycles. The molecule has 0 heteroatoms. The van der Waals surface area contributed by atoms with Gasteiger partial charge in [-0.15, -0.1) is 0 Å². The second kappa shape index (κ2) is 5.14. The van der Waals surface area contributed by atoms with E-state index < -0.39 is 0 Å². The van der Waals surface area contributed by atoms with E-state index in [1.807, 2.05) is 0 Å². The molecule has 0 amide bonds. The minimum Gasteiger partial charge on any atom is -0.0654 e. The molecular formula is C8H16. The minimum atomic E-state index is 0.650. The summed E-state index contributed by atoms with van der Waals surface area (Å²) in [5.41, 5.74) is 0. The number of hydrogen-bond acceptors (Lipinski definition) is 0. The van der Waals surface area contributed by atoms with Gasteiger partial charge in [-0.3, -0.25) is 0 Å². The van der Waals surface area contributed by atoms with E-state index >= 15 is 0 Å². The van der Waals surface area contributed by atoms with E-state index in [-0.39, 0.29) is 0 Å². The molecule has 0 aliphatic rings. The van der Waals surface area contributed by atoms with Crippen molar-refractivity contribution in [3.8, 4) is 0 Å². The fraction of sp³-hybridized carbons (Fsp3) is 0.750. The lowest BCUT2D eigenvalue weighted by Gasteiger charge is -2.05.